The summed E-state index contributed by atoms with van der Waals surface area (Å²) in [4.78, 5) is 26.7. The van der Waals surface area contributed by atoms with Crippen molar-refractivity contribution in [2.45, 2.75) is 33.2 Å². The van der Waals surface area contributed by atoms with E-state index in [1.165, 1.54) is 6.92 Å². The molecule has 1 amide bonds. The largest absolute Gasteiger partial charge is 0.480 e. The van der Waals surface area contributed by atoms with Gasteiger partial charge in [-0.25, -0.2) is 4.79 Å². The third-order valence-electron chi connectivity index (χ3n) is 3.84. The van der Waals surface area contributed by atoms with Gasteiger partial charge in [0.15, 0.2) is 0 Å². The number of allylic oxidation sites excluding steroid dienone is 1. The van der Waals surface area contributed by atoms with E-state index in [1.54, 1.807) is 12.1 Å². The number of nitrogens with zero attached hydrogens (tertiary/aromatic N) is 1. The maximum Gasteiger partial charge on any atom is 0.328 e. The number of hydrogen-bond acceptors (Lipinski definition) is 3. The van der Waals surface area contributed by atoms with Crippen molar-refractivity contribution in [2.24, 2.45) is 10.9 Å². The van der Waals surface area contributed by atoms with E-state index in [1.807, 2.05) is 13.3 Å². The van der Waals surface area contributed by atoms with Gasteiger partial charge in [0.25, 0.3) is 0 Å². The summed E-state index contributed by atoms with van der Waals surface area (Å²) in [6, 6.07) is 4.30. The average Bonchev–Trinajstić information content (AvgIpc) is 2.95. The van der Waals surface area contributed by atoms with Crippen LogP contribution < -0.4 is 10.6 Å². The molecule has 1 unspecified atom stereocenters. The second-order valence-electron chi connectivity index (χ2n) is 6.71. The fraction of sp³-hybridized carbons (Fsp3) is 0.389. The molecule has 0 fully saturated rings. The first-order valence-electron chi connectivity index (χ1n) is 8.52. The Morgan fingerprint density at radius 2 is 2.00 bits per heavy atom. The molecule has 1 aromatic rings. The Balaban J connectivity index is 2.23. The van der Waals surface area contributed by atoms with Crippen molar-refractivity contribution >= 4 is 53.8 Å². The number of amides is 1. The third kappa shape index (κ3) is 6.01. The van der Waals surface area contributed by atoms with Gasteiger partial charge < -0.3 is 15.7 Å². The fourth-order valence-electron chi connectivity index (χ4n) is 2.70. The Hall–Kier alpha value is -1.99. The number of rotatable bonds is 7. The Bertz CT molecular complexity index is 809. The van der Waals surface area contributed by atoms with Gasteiger partial charge in [-0.2, -0.15) is 0 Å². The topological polar surface area (TPSA) is 90.8 Å². The van der Waals surface area contributed by atoms with Crippen molar-refractivity contribution in [1.29, 1.82) is 0 Å². The van der Waals surface area contributed by atoms with Crippen LogP contribution in [0.1, 0.15) is 32.8 Å². The molecule has 3 N–H and O–H groups in total. The van der Waals surface area contributed by atoms with Gasteiger partial charge in [0.05, 0.1) is 22.3 Å². The van der Waals surface area contributed by atoms with Crippen molar-refractivity contribution in [2.75, 3.05) is 6.54 Å². The minimum atomic E-state index is -1.13. The first-order chi connectivity index (χ1) is 12.7. The van der Waals surface area contributed by atoms with Crippen molar-refractivity contribution < 1.29 is 14.7 Å². The lowest BCUT2D eigenvalue weighted by Gasteiger charge is -2.12. The number of aliphatic carboxylic acids is 1. The van der Waals surface area contributed by atoms with Crippen LogP contribution in [0.3, 0.4) is 0 Å². The number of carboxylic acid groups (broad SMARTS) is 1. The minimum absolute atomic E-state index is 0.0721. The molecule has 143 valence electrons. The van der Waals surface area contributed by atoms with Gasteiger partial charge in [-0.1, -0.05) is 48.6 Å². The molecule has 0 spiro atoms. The molecule has 1 aliphatic heterocycles. The lowest BCUT2D eigenvalue weighted by molar-refractivity contribution is -0.141. The SMILES string of the molecule is CC(=O)NC(CN=C1[B]C(CC(C)C)=C(c2ccc(Cl)c(Cl)c2)N1)C(=O)O. The standard InChI is InChI=1S/C18H21BCl2N3O3/c1-9(2)6-12-16(11-4-5-13(20)14(21)7-11)24-18(19-12)22-8-15(17(26)27)23-10(3)25/h4-5,7,9,15H,6,8H2,1-3H3,(H,22,24)(H,23,25)(H,26,27). The molecule has 1 atom stereocenters. The average molecular weight is 409 g/mol. The number of hydrogen-bond donors (Lipinski definition) is 3. The normalized spacial score (nSPS) is 16.3. The maximum absolute atomic E-state index is 11.3. The molecule has 0 bridgehead atoms. The first-order valence-corrected chi connectivity index (χ1v) is 9.27. The number of carbonyl (C=O) groups excluding carboxylic acids is 1. The van der Waals surface area contributed by atoms with Crippen LogP contribution in [0.25, 0.3) is 5.70 Å². The highest BCUT2D eigenvalue weighted by Crippen LogP contribution is 2.30. The number of aliphatic imine (C=N–C) groups is 1. The Morgan fingerprint density at radius 1 is 1.30 bits per heavy atom. The molecule has 0 saturated heterocycles. The summed E-state index contributed by atoms with van der Waals surface area (Å²) in [5, 5.41) is 15.7. The number of carboxylic acids is 1. The lowest BCUT2D eigenvalue weighted by atomic mass is 9.67. The van der Waals surface area contributed by atoms with E-state index in [0.717, 1.165) is 23.2 Å². The quantitative estimate of drug-likeness (QED) is 0.605. The van der Waals surface area contributed by atoms with Crippen molar-refractivity contribution in [3.63, 3.8) is 0 Å². The van der Waals surface area contributed by atoms with Gasteiger partial charge in [-0.05, 0) is 30.0 Å². The van der Waals surface area contributed by atoms with Crippen LogP contribution in [0.2, 0.25) is 10.0 Å². The van der Waals surface area contributed by atoms with Gasteiger partial charge in [-0.3, -0.25) is 9.79 Å². The summed E-state index contributed by atoms with van der Waals surface area (Å²) in [5.74, 6) is -1.13. The van der Waals surface area contributed by atoms with Crippen LogP contribution in [0, 0.1) is 5.92 Å². The molecule has 0 aliphatic carbocycles. The Labute approximate surface area is 169 Å². The first kappa shape index (κ1) is 21.3. The molecule has 2 rings (SSSR count). The van der Waals surface area contributed by atoms with Crippen LogP contribution in [-0.4, -0.2) is 42.6 Å². The number of halogens is 2. The number of benzene rings is 1. The Kier molecular flexibility index (Phi) is 7.33. The predicted molar refractivity (Wildman–Crippen MR) is 109 cm³/mol. The molecule has 9 heteroatoms. The molecule has 0 saturated carbocycles. The summed E-state index contributed by atoms with van der Waals surface area (Å²) in [7, 11) is 1.89. The van der Waals surface area contributed by atoms with Crippen LogP contribution in [-0.2, 0) is 9.59 Å². The lowest BCUT2D eigenvalue weighted by Crippen LogP contribution is -2.42. The zero-order valence-electron chi connectivity index (χ0n) is 15.3. The van der Waals surface area contributed by atoms with Crippen LogP contribution in [0.4, 0.5) is 0 Å². The summed E-state index contributed by atoms with van der Waals surface area (Å²) in [5.41, 5.74) is 3.34. The molecule has 6 nitrogen and oxygen atoms in total. The second-order valence-corrected chi connectivity index (χ2v) is 7.53. The summed E-state index contributed by atoms with van der Waals surface area (Å²) >= 11 is 12.1. The van der Waals surface area contributed by atoms with E-state index in [2.05, 4.69) is 29.5 Å². The summed E-state index contributed by atoms with van der Waals surface area (Å²) < 4.78 is 0. The van der Waals surface area contributed by atoms with Crippen LogP contribution >= 0.6 is 23.2 Å². The van der Waals surface area contributed by atoms with E-state index in [-0.39, 0.29) is 6.54 Å². The van der Waals surface area contributed by atoms with Crippen LogP contribution in [0.15, 0.2) is 28.7 Å². The molecule has 1 aliphatic rings. The van der Waals surface area contributed by atoms with Crippen molar-refractivity contribution in [1.82, 2.24) is 10.6 Å². The zero-order chi connectivity index (χ0) is 20.1. The number of nitrogens with one attached hydrogen (secondary N) is 2. The molecular weight excluding hydrogens is 388 g/mol. The van der Waals surface area contributed by atoms with E-state index < -0.39 is 17.9 Å². The molecule has 0 aromatic heterocycles. The van der Waals surface area contributed by atoms with E-state index in [4.69, 9.17) is 23.2 Å². The number of carbonyl (C=O) groups is 2. The van der Waals surface area contributed by atoms with Gasteiger partial charge in [0.2, 0.25) is 13.2 Å². The second kappa shape index (κ2) is 9.28. The molecule has 27 heavy (non-hydrogen) atoms. The summed E-state index contributed by atoms with van der Waals surface area (Å²) in [6.45, 7) is 5.42. The predicted octanol–water partition coefficient (Wildman–Crippen LogP) is 2.96. The highest BCUT2D eigenvalue weighted by atomic mass is 35.5. The highest BCUT2D eigenvalue weighted by Gasteiger charge is 2.24. The monoisotopic (exact) mass is 408 g/mol. The molecule has 1 heterocycles. The fourth-order valence-corrected chi connectivity index (χ4v) is 3.00. The highest BCUT2D eigenvalue weighted by molar-refractivity contribution is 6.83. The van der Waals surface area contributed by atoms with Crippen molar-refractivity contribution in [3.05, 3.63) is 39.3 Å². The smallest absolute Gasteiger partial charge is 0.328 e. The summed E-state index contributed by atoms with van der Waals surface area (Å²) in [6.07, 6.45) is 0.815. The van der Waals surface area contributed by atoms with E-state index in [9.17, 15) is 14.7 Å². The third-order valence-corrected chi connectivity index (χ3v) is 4.58. The molecule has 1 radical (unpaired) electrons. The van der Waals surface area contributed by atoms with Crippen molar-refractivity contribution in [3.8, 4) is 0 Å². The van der Waals surface area contributed by atoms with Gasteiger partial charge in [-0.15, -0.1) is 0 Å². The van der Waals surface area contributed by atoms with E-state index >= 15 is 0 Å². The van der Waals surface area contributed by atoms with Gasteiger partial charge in [0, 0.05) is 12.6 Å². The minimum Gasteiger partial charge on any atom is -0.480 e. The zero-order valence-corrected chi connectivity index (χ0v) is 16.9. The van der Waals surface area contributed by atoms with E-state index in [0.29, 0.717) is 21.7 Å². The van der Waals surface area contributed by atoms with Gasteiger partial charge in [0.1, 0.15) is 6.04 Å². The molecular formula is C18H21BCl2N3O3. The Morgan fingerprint density at radius 3 is 2.56 bits per heavy atom. The molecule has 1 aromatic carbocycles. The van der Waals surface area contributed by atoms with Crippen LogP contribution in [0.5, 0.6) is 0 Å². The van der Waals surface area contributed by atoms with Gasteiger partial charge >= 0.3 is 5.97 Å². The number of amidine groups is 1. The maximum atomic E-state index is 11.3.